The number of hydrogen-bond acceptors (Lipinski definition) is 7. The molecular formula is C20H23N5O4. The van der Waals surface area contributed by atoms with Crippen LogP contribution < -0.4 is 10.6 Å². The maximum absolute atomic E-state index is 12.8. The third-order valence-corrected chi connectivity index (χ3v) is 5.79. The number of carbonyl (C=O) groups excluding carboxylic acids is 2. The fourth-order valence-electron chi connectivity index (χ4n) is 4.08. The number of rotatable bonds is 4. The van der Waals surface area contributed by atoms with Crippen molar-refractivity contribution in [3.63, 3.8) is 0 Å². The van der Waals surface area contributed by atoms with Crippen LogP contribution in [-0.4, -0.2) is 47.9 Å². The molecule has 0 unspecified atom stereocenters. The number of furan rings is 1. The summed E-state index contributed by atoms with van der Waals surface area (Å²) in [4.78, 5) is 32.2. The Morgan fingerprint density at radius 2 is 1.83 bits per heavy atom. The molecule has 2 N–H and O–H groups in total. The Kier molecular flexibility index (Phi) is 5.25. The van der Waals surface area contributed by atoms with Gasteiger partial charge in [0, 0.05) is 38.0 Å². The summed E-state index contributed by atoms with van der Waals surface area (Å²) in [5.41, 5.74) is 5.59. The van der Waals surface area contributed by atoms with Crippen molar-refractivity contribution in [1.29, 1.82) is 5.26 Å². The van der Waals surface area contributed by atoms with E-state index < -0.39 is 0 Å². The molecule has 2 saturated heterocycles. The van der Waals surface area contributed by atoms with E-state index >= 15 is 0 Å². The van der Waals surface area contributed by atoms with Crippen LogP contribution in [0.1, 0.15) is 31.4 Å². The Balaban J connectivity index is 1.37. The molecule has 0 bridgehead atoms. The molecule has 2 aromatic heterocycles. The van der Waals surface area contributed by atoms with Gasteiger partial charge in [-0.1, -0.05) is 0 Å². The van der Waals surface area contributed by atoms with Crippen molar-refractivity contribution in [2.24, 2.45) is 17.6 Å². The highest BCUT2D eigenvalue weighted by Gasteiger charge is 2.33. The number of anilines is 1. The van der Waals surface area contributed by atoms with Crippen molar-refractivity contribution >= 4 is 17.7 Å². The molecule has 0 atom stereocenters. The first-order valence-corrected chi connectivity index (χ1v) is 9.84. The van der Waals surface area contributed by atoms with E-state index in [2.05, 4.69) is 11.1 Å². The molecule has 0 aromatic carbocycles. The van der Waals surface area contributed by atoms with Crippen molar-refractivity contribution in [1.82, 2.24) is 9.88 Å². The molecule has 9 nitrogen and oxygen atoms in total. The average molecular weight is 397 g/mol. The standard InChI is InChI=1S/C20H23N5O4/c21-12-15-20(29-18(23-15)16-2-1-11-28-16)25-9-5-14(6-10-25)19(27)24-7-3-13(4-8-24)17(22)26/h1-2,11,13-14H,3-10H2,(H2,22,26). The second kappa shape index (κ2) is 7.99. The summed E-state index contributed by atoms with van der Waals surface area (Å²) in [6.45, 7) is 2.38. The highest BCUT2D eigenvalue weighted by atomic mass is 16.4. The van der Waals surface area contributed by atoms with Crippen LogP contribution in [0.4, 0.5) is 5.88 Å². The fraction of sp³-hybridized carbons (Fsp3) is 0.500. The normalized spacial score (nSPS) is 18.6. The molecule has 29 heavy (non-hydrogen) atoms. The molecule has 2 aliphatic heterocycles. The molecule has 4 rings (SSSR count). The lowest BCUT2D eigenvalue weighted by Gasteiger charge is -2.36. The van der Waals surface area contributed by atoms with Crippen LogP contribution in [0, 0.1) is 23.2 Å². The number of piperidine rings is 2. The number of carbonyl (C=O) groups is 2. The monoisotopic (exact) mass is 397 g/mol. The number of nitrogens with zero attached hydrogens (tertiary/aromatic N) is 4. The van der Waals surface area contributed by atoms with E-state index in [9.17, 15) is 14.9 Å². The van der Waals surface area contributed by atoms with Gasteiger partial charge in [0.2, 0.25) is 23.4 Å². The minimum Gasteiger partial charge on any atom is -0.459 e. The third kappa shape index (κ3) is 3.83. The second-order valence-corrected chi connectivity index (χ2v) is 7.53. The first kappa shape index (κ1) is 19.1. The number of nitrogens with two attached hydrogens (primary N) is 1. The van der Waals surface area contributed by atoms with Gasteiger partial charge in [0.1, 0.15) is 6.07 Å². The Morgan fingerprint density at radius 3 is 2.41 bits per heavy atom. The molecule has 2 aliphatic rings. The van der Waals surface area contributed by atoms with Gasteiger partial charge in [-0.2, -0.15) is 10.2 Å². The van der Waals surface area contributed by atoms with Crippen molar-refractivity contribution < 1.29 is 18.4 Å². The molecule has 0 radical (unpaired) electrons. The zero-order valence-electron chi connectivity index (χ0n) is 16.0. The van der Waals surface area contributed by atoms with Crippen LogP contribution in [0.15, 0.2) is 27.2 Å². The van der Waals surface area contributed by atoms with E-state index in [1.165, 1.54) is 6.26 Å². The Morgan fingerprint density at radius 1 is 1.14 bits per heavy atom. The number of hydrogen-bond donors (Lipinski definition) is 1. The number of oxazole rings is 1. The van der Waals surface area contributed by atoms with Gasteiger partial charge in [-0.15, -0.1) is 0 Å². The molecule has 0 aliphatic carbocycles. The van der Waals surface area contributed by atoms with Crippen LogP contribution in [0.3, 0.4) is 0 Å². The molecule has 2 aromatic rings. The van der Waals surface area contributed by atoms with Crippen LogP contribution in [0.25, 0.3) is 11.7 Å². The molecule has 152 valence electrons. The maximum Gasteiger partial charge on any atom is 0.266 e. The zero-order chi connectivity index (χ0) is 20.4. The van der Waals surface area contributed by atoms with Crippen LogP contribution in [-0.2, 0) is 9.59 Å². The van der Waals surface area contributed by atoms with Gasteiger partial charge in [-0.25, -0.2) is 0 Å². The van der Waals surface area contributed by atoms with E-state index in [1.54, 1.807) is 12.1 Å². The van der Waals surface area contributed by atoms with E-state index in [1.807, 2.05) is 9.80 Å². The SMILES string of the molecule is N#Cc1nc(-c2ccco2)oc1N1CCC(C(=O)N2CCC(C(N)=O)CC2)CC1. The lowest BCUT2D eigenvalue weighted by atomic mass is 9.92. The third-order valence-electron chi connectivity index (χ3n) is 5.79. The van der Waals surface area contributed by atoms with E-state index in [-0.39, 0.29) is 35.2 Å². The van der Waals surface area contributed by atoms with E-state index in [0.29, 0.717) is 63.5 Å². The molecule has 2 fully saturated rings. The number of amides is 2. The summed E-state index contributed by atoms with van der Waals surface area (Å²) < 4.78 is 11.1. The van der Waals surface area contributed by atoms with Gasteiger partial charge in [0.05, 0.1) is 6.26 Å². The number of likely N-dealkylation sites (tertiary alicyclic amines) is 1. The zero-order valence-corrected chi connectivity index (χ0v) is 16.0. The van der Waals surface area contributed by atoms with Gasteiger partial charge < -0.3 is 24.4 Å². The van der Waals surface area contributed by atoms with Gasteiger partial charge >= 0.3 is 0 Å². The molecule has 4 heterocycles. The first-order chi connectivity index (χ1) is 14.1. The van der Waals surface area contributed by atoms with Gasteiger partial charge in [-0.05, 0) is 37.8 Å². The van der Waals surface area contributed by atoms with Crippen LogP contribution in [0.2, 0.25) is 0 Å². The van der Waals surface area contributed by atoms with Crippen molar-refractivity contribution in [3.05, 3.63) is 24.1 Å². The predicted molar refractivity (Wildman–Crippen MR) is 102 cm³/mol. The topological polar surface area (TPSA) is 130 Å². The second-order valence-electron chi connectivity index (χ2n) is 7.53. The smallest absolute Gasteiger partial charge is 0.266 e. The fourth-order valence-corrected chi connectivity index (χ4v) is 4.08. The maximum atomic E-state index is 12.8. The van der Waals surface area contributed by atoms with E-state index in [0.717, 1.165) is 0 Å². The lowest BCUT2D eigenvalue weighted by Crippen LogP contribution is -2.46. The van der Waals surface area contributed by atoms with Crippen molar-refractivity contribution in [3.8, 4) is 17.7 Å². The van der Waals surface area contributed by atoms with Gasteiger partial charge in [0.25, 0.3) is 5.89 Å². The van der Waals surface area contributed by atoms with Crippen molar-refractivity contribution in [2.75, 3.05) is 31.1 Å². The molecule has 0 saturated carbocycles. The quantitative estimate of drug-likeness (QED) is 0.832. The molecule has 9 heteroatoms. The number of aromatic nitrogens is 1. The van der Waals surface area contributed by atoms with Crippen LogP contribution in [0.5, 0.6) is 0 Å². The van der Waals surface area contributed by atoms with Crippen LogP contribution >= 0.6 is 0 Å². The highest BCUT2D eigenvalue weighted by molar-refractivity contribution is 5.80. The van der Waals surface area contributed by atoms with E-state index in [4.69, 9.17) is 14.6 Å². The summed E-state index contributed by atoms with van der Waals surface area (Å²) in [6.07, 6.45) is 4.15. The van der Waals surface area contributed by atoms with Crippen molar-refractivity contribution in [2.45, 2.75) is 25.7 Å². The Labute approximate surface area is 168 Å². The largest absolute Gasteiger partial charge is 0.459 e. The Bertz CT molecular complexity index is 913. The summed E-state index contributed by atoms with van der Waals surface area (Å²) in [5, 5.41) is 9.41. The lowest BCUT2D eigenvalue weighted by molar-refractivity contribution is -0.139. The number of primary amides is 1. The van der Waals surface area contributed by atoms with Gasteiger partial charge in [0.15, 0.2) is 5.76 Å². The first-order valence-electron chi connectivity index (χ1n) is 9.84. The predicted octanol–water partition coefficient (Wildman–Crippen LogP) is 1.75. The summed E-state index contributed by atoms with van der Waals surface area (Å²) in [6, 6.07) is 5.53. The molecule has 2 amide bonds. The molecule has 0 spiro atoms. The minimum absolute atomic E-state index is 0.0608. The highest BCUT2D eigenvalue weighted by Crippen LogP contribution is 2.32. The summed E-state index contributed by atoms with van der Waals surface area (Å²) in [5.74, 6) is 0.845. The minimum atomic E-state index is -0.278. The summed E-state index contributed by atoms with van der Waals surface area (Å²) in [7, 11) is 0. The number of nitriles is 1. The molecular weight excluding hydrogens is 374 g/mol. The summed E-state index contributed by atoms with van der Waals surface area (Å²) >= 11 is 0. The average Bonchev–Trinajstić information content (AvgIpc) is 3.43. The van der Waals surface area contributed by atoms with Gasteiger partial charge in [-0.3, -0.25) is 9.59 Å². The Hall–Kier alpha value is -3.28.